The Morgan fingerprint density at radius 2 is 2.33 bits per heavy atom. The van der Waals surface area contributed by atoms with Crippen molar-refractivity contribution in [3.05, 3.63) is 28.5 Å². The van der Waals surface area contributed by atoms with E-state index in [4.69, 9.17) is 16.7 Å². The van der Waals surface area contributed by atoms with Gasteiger partial charge < -0.3 is 5.11 Å². The first-order valence-electron chi connectivity index (χ1n) is 4.18. The highest BCUT2D eigenvalue weighted by atomic mass is 35.5. The number of aromatic carboxylic acids is 1. The Balaban J connectivity index is 3.06. The molecule has 6 heteroatoms. The molecular weight excluding hydrogens is 241 g/mol. The molecule has 3 nitrogen and oxygen atoms in total. The van der Waals surface area contributed by atoms with E-state index in [-0.39, 0.29) is 15.5 Å². The van der Waals surface area contributed by atoms with E-state index in [9.17, 15) is 9.18 Å². The average Bonchev–Trinajstić information content (AvgIpc) is 2.16. The first-order chi connectivity index (χ1) is 7.06. The Bertz CT molecular complexity index is 387. The van der Waals surface area contributed by atoms with Crippen LogP contribution in [0.4, 0.5) is 4.39 Å². The predicted molar refractivity (Wildman–Crippen MR) is 57.9 cm³/mol. The Kier molecular flexibility index (Phi) is 4.38. The minimum atomic E-state index is -1.17. The molecule has 0 aliphatic heterocycles. The summed E-state index contributed by atoms with van der Waals surface area (Å²) in [5.41, 5.74) is -0.0986. The Labute approximate surface area is 95.8 Å². The second-order valence-electron chi connectivity index (χ2n) is 2.67. The molecule has 0 aliphatic rings. The molecule has 1 aromatic rings. The van der Waals surface area contributed by atoms with Crippen molar-refractivity contribution in [3.63, 3.8) is 0 Å². The summed E-state index contributed by atoms with van der Waals surface area (Å²) in [6, 6.07) is 2.22. The molecule has 0 unspecified atom stereocenters. The van der Waals surface area contributed by atoms with Gasteiger partial charge in [0.1, 0.15) is 5.82 Å². The molecule has 82 valence electrons. The van der Waals surface area contributed by atoms with Gasteiger partial charge in [-0.3, -0.25) is 4.72 Å². The van der Waals surface area contributed by atoms with E-state index < -0.39 is 11.8 Å². The van der Waals surface area contributed by atoms with E-state index >= 15 is 0 Å². The molecule has 15 heavy (non-hydrogen) atoms. The van der Waals surface area contributed by atoms with E-state index in [0.29, 0.717) is 6.54 Å². The number of benzene rings is 1. The summed E-state index contributed by atoms with van der Waals surface area (Å²) in [5, 5.41) is 8.67. The summed E-state index contributed by atoms with van der Waals surface area (Å²) < 4.78 is 16.1. The maximum absolute atomic E-state index is 13.3. The van der Waals surface area contributed by atoms with Crippen molar-refractivity contribution >= 4 is 29.5 Å². The minimum absolute atomic E-state index is 0.0964. The SMILES string of the molecule is CCNSc1cc(C(=O)O)c(Cl)cc1F. The molecule has 0 radical (unpaired) electrons. The van der Waals surface area contributed by atoms with Crippen molar-refractivity contribution in [2.24, 2.45) is 0 Å². The summed E-state index contributed by atoms with van der Waals surface area (Å²) in [4.78, 5) is 10.9. The highest BCUT2D eigenvalue weighted by Gasteiger charge is 2.13. The lowest BCUT2D eigenvalue weighted by Crippen LogP contribution is -2.04. The smallest absolute Gasteiger partial charge is 0.337 e. The summed E-state index contributed by atoms with van der Waals surface area (Å²) >= 11 is 6.62. The van der Waals surface area contributed by atoms with Crippen LogP contribution in [0.25, 0.3) is 0 Å². The molecule has 0 bridgehead atoms. The van der Waals surface area contributed by atoms with Crippen LogP contribution in [-0.4, -0.2) is 17.6 Å². The lowest BCUT2D eigenvalue weighted by molar-refractivity contribution is 0.0696. The quantitative estimate of drug-likeness (QED) is 0.806. The third kappa shape index (κ3) is 3.09. The maximum Gasteiger partial charge on any atom is 0.337 e. The van der Waals surface area contributed by atoms with Crippen LogP contribution in [-0.2, 0) is 0 Å². The molecule has 0 aromatic heterocycles. The first kappa shape index (κ1) is 12.3. The van der Waals surface area contributed by atoms with Gasteiger partial charge in [-0.1, -0.05) is 18.5 Å². The van der Waals surface area contributed by atoms with Crippen molar-refractivity contribution in [2.45, 2.75) is 11.8 Å². The molecule has 0 spiro atoms. The second kappa shape index (κ2) is 5.34. The molecule has 0 atom stereocenters. The number of rotatable bonds is 4. The number of carbonyl (C=O) groups is 1. The van der Waals surface area contributed by atoms with E-state index in [1.165, 1.54) is 6.07 Å². The number of hydrogen-bond acceptors (Lipinski definition) is 3. The van der Waals surface area contributed by atoms with Gasteiger partial charge in [-0.05, 0) is 24.1 Å². The molecule has 0 aliphatic carbocycles. The topological polar surface area (TPSA) is 49.3 Å². The van der Waals surface area contributed by atoms with E-state index in [0.717, 1.165) is 18.0 Å². The lowest BCUT2D eigenvalue weighted by atomic mass is 10.2. The monoisotopic (exact) mass is 249 g/mol. The molecule has 0 heterocycles. The number of carboxylic acids is 1. The van der Waals surface area contributed by atoms with Crippen LogP contribution in [0, 0.1) is 5.82 Å². The van der Waals surface area contributed by atoms with Gasteiger partial charge in [0.2, 0.25) is 0 Å². The van der Waals surface area contributed by atoms with Crippen molar-refractivity contribution in [1.29, 1.82) is 0 Å². The number of halogens is 2. The summed E-state index contributed by atoms with van der Waals surface area (Å²) in [6.45, 7) is 2.51. The van der Waals surface area contributed by atoms with Gasteiger partial charge in [-0.25, -0.2) is 9.18 Å². The Hall–Kier alpha value is -0.780. The van der Waals surface area contributed by atoms with E-state index in [1.54, 1.807) is 0 Å². The zero-order valence-electron chi connectivity index (χ0n) is 7.88. The third-order valence-corrected chi connectivity index (χ3v) is 2.86. The van der Waals surface area contributed by atoms with Crippen LogP contribution in [0.2, 0.25) is 5.02 Å². The maximum atomic E-state index is 13.3. The second-order valence-corrected chi connectivity index (χ2v) is 4.01. The molecule has 1 rings (SSSR count). The van der Waals surface area contributed by atoms with Crippen LogP contribution in [0.5, 0.6) is 0 Å². The fourth-order valence-electron chi connectivity index (χ4n) is 0.921. The third-order valence-electron chi connectivity index (χ3n) is 1.58. The van der Waals surface area contributed by atoms with Gasteiger partial charge in [0.15, 0.2) is 0 Å². The van der Waals surface area contributed by atoms with Crippen LogP contribution in [0.1, 0.15) is 17.3 Å². The zero-order valence-corrected chi connectivity index (χ0v) is 9.45. The normalized spacial score (nSPS) is 10.3. The van der Waals surface area contributed by atoms with Crippen LogP contribution < -0.4 is 4.72 Å². The highest BCUT2D eigenvalue weighted by Crippen LogP contribution is 2.26. The molecule has 0 saturated carbocycles. The standard InChI is InChI=1S/C9H9ClFNO2S/c1-2-12-15-8-3-5(9(13)14)6(10)4-7(8)11/h3-4,12H,2H2,1H3,(H,13,14). The van der Waals surface area contributed by atoms with Gasteiger partial charge >= 0.3 is 5.97 Å². The Morgan fingerprint density at radius 1 is 1.67 bits per heavy atom. The summed E-state index contributed by atoms with van der Waals surface area (Å²) in [7, 11) is 0. The highest BCUT2D eigenvalue weighted by molar-refractivity contribution is 7.97. The molecule has 0 saturated heterocycles. The van der Waals surface area contributed by atoms with Crippen molar-refractivity contribution in [2.75, 3.05) is 6.54 Å². The van der Waals surface area contributed by atoms with Crippen LogP contribution in [0.3, 0.4) is 0 Å². The van der Waals surface area contributed by atoms with Gasteiger partial charge in [-0.2, -0.15) is 0 Å². The number of hydrogen-bond donors (Lipinski definition) is 2. The van der Waals surface area contributed by atoms with Gasteiger partial charge in [0, 0.05) is 6.54 Å². The fraction of sp³-hybridized carbons (Fsp3) is 0.222. The first-order valence-corrected chi connectivity index (χ1v) is 5.37. The van der Waals surface area contributed by atoms with E-state index in [1.807, 2.05) is 6.92 Å². The predicted octanol–water partition coefficient (Wildman–Crippen LogP) is 2.79. The van der Waals surface area contributed by atoms with Gasteiger partial charge in [0.05, 0.1) is 15.5 Å². The Morgan fingerprint density at radius 3 is 2.87 bits per heavy atom. The molecule has 0 fully saturated rings. The largest absolute Gasteiger partial charge is 0.478 e. The molecule has 1 aromatic carbocycles. The fourth-order valence-corrected chi connectivity index (χ4v) is 1.79. The van der Waals surface area contributed by atoms with Crippen LogP contribution >= 0.6 is 23.5 Å². The zero-order chi connectivity index (χ0) is 11.4. The number of nitrogens with one attached hydrogen (secondary N) is 1. The molecular formula is C9H9ClFNO2S. The van der Waals surface area contributed by atoms with E-state index in [2.05, 4.69) is 4.72 Å². The van der Waals surface area contributed by atoms with Gasteiger partial charge in [0.25, 0.3) is 0 Å². The molecule has 0 amide bonds. The summed E-state index contributed by atoms with van der Waals surface area (Å²) in [6.07, 6.45) is 0. The van der Waals surface area contributed by atoms with Gasteiger partial charge in [-0.15, -0.1) is 0 Å². The summed E-state index contributed by atoms with van der Waals surface area (Å²) in [5.74, 6) is -1.70. The lowest BCUT2D eigenvalue weighted by Gasteiger charge is -2.05. The van der Waals surface area contributed by atoms with Crippen molar-refractivity contribution in [3.8, 4) is 0 Å². The number of carboxylic acid groups (broad SMARTS) is 1. The van der Waals surface area contributed by atoms with Crippen molar-refractivity contribution < 1.29 is 14.3 Å². The van der Waals surface area contributed by atoms with Crippen LogP contribution in [0.15, 0.2) is 17.0 Å². The average molecular weight is 250 g/mol. The molecule has 2 N–H and O–H groups in total. The minimum Gasteiger partial charge on any atom is -0.478 e. The van der Waals surface area contributed by atoms with Crippen molar-refractivity contribution in [1.82, 2.24) is 4.72 Å².